The van der Waals surface area contributed by atoms with Crippen LogP contribution in [0.15, 0.2) is 22.4 Å². The number of piperidine rings is 1. The third-order valence-corrected chi connectivity index (χ3v) is 3.33. The van der Waals surface area contributed by atoms with Crippen LogP contribution in [0.4, 0.5) is 0 Å². The molecule has 0 aromatic carbocycles. The Morgan fingerprint density at radius 1 is 1.31 bits per heavy atom. The molecule has 4 heteroatoms. The van der Waals surface area contributed by atoms with E-state index in [-0.39, 0.29) is 0 Å². The lowest BCUT2D eigenvalue weighted by Gasteiger charge is -2.26. The van der Waals surface area contributed by atoms with Crippen LogP contribution in [0.1, 0.15) is 25.6 Å². The normalized spacial score (nSPS) is 17.5. The minimum Gasteiger partial charge on any atom is -0.303 e. The molecule has 0 unspecified atom stereocenters. The Morgan fingerprint density at radius 3 is 2.50 bits per heavy atom. The van der Waals surface area contributed by atoms with Crippen LogP contribution in [-0.2, 0) is 0 Å². The maximum atomic E-state index is 4.26. The fourth-order valence-corrected chi connectivity index (χ4v) is 2.08. The first-order valence-electron chi connectivity index (χ1n) is 5.67. The lowest BCUT2D eigenvalue weighted by atomic mass is 10.0. The first-order valence-corrected chi connectivity index (χ1v) is 6.46. The smallest absolute Gasteiger partial charge is 0.151 e. The van der Waals surface area contributed by atoms with Crippen molar-refractivity contribution in [1.29, 1.82) is 0 Å². The second kappa shape index (κ2) is 5.55. The van der Waals surface area contributed by atoms with Crippen LogP contribution in [0, 0.1) is 0 Å². The number of hydrogen-bond acceptors (Lipinski definition) is 3. The molecule has 0 spiro atoms. The summed E-state index contributed by atoms with van der Waals surface area (Å²) < 4.78 is 0.926. The van der Waals surface area contributed by atoms with Crippen molar-refractivity contribution < 1.29 is 0 Å². The zero-order valence-corrected chi connectivity index (χ0v) is 11.1. The van der Waals surface area contributed by atoms with Gasteiger partial charge in [-0.15, -0.1) is 0 Å². The maximum absolute atomic E-state index is 4.26. The quantitative estimate of drug-likeness (QED) is 0.835. The van der Waals surface area contributed by atoms with Gasteiger partial charge in [0.1, 0.15) is 0 Å². The maximum Gasteiger partial charge on any atom is 0.151 e. The lowest BCUT2D eigenvalue weighted by molar-refractivity contribution is 0.270. The molecule has 0 N–H and O–H groups in total. The first kappa shape index (κ1) is 11.7. The molecule has 1 fully saturated rings. The van der Waals surface area contributed by atoms with Gasteiger partial charge in [-0.3, -0.25) is 0 Å². The summed E-state index contributed by atoms with van der Waals surface area (Å²) in [6, 6.07) is 0. The molecule has 1 saturated heterocycles. The molecule has 1 aromatic rings. The summed E-state index contributed by atoms with van der Waals surface area (Å²) in [4.78, 5) is 11.0. The Morgan fingerprint density at radius 2 is 1.94 bits per heavy atom. The fourth-order valence-electron chi connectivity index (χ4n) is 1.88. The minimum atomic E-state index is 0.822. The van der Waals surface area contributed by atoms with Gasteiger partial charge in [0.15, 0.2) is 5.82 Å². The number of likely N-dealkylation sites (tertiary alicyclic amines) is 1. The third-order valence-electron chi connectivity index (χ3n) is 2.92. The van der Waals surface area contributed by atoms with Gasteiger partial charge in [0.25, 0.3) is 0 Å². The lowest BCUT2D eigenvalue weighted by Crippen LogP contribution is -2.30. The van der Waals surface area contributed by atoms with Gasteiger partial charge in [-0.1, -0.05) is 12.5 Å². The van der Waals surface area contributed by atoms with Crippen molar-refractivity contribution in [3.63, 3.8) is 0 Å². The van der Waals surface area contributed by atoms with Gasteiger partial charge in [-0.05, 0) is 41.4 Å². The van der Waals surface area contributed by atoms with Gasteiger partial charge in [-0.25, -0.2) is 9.97 Å². The van der Waals surface area contributed by atoms with Gasteiger partial charge < -0.3 is 4.90 Å². The third kappa shape index (κ3) is 3.12. The molecule has 0 bridgehead atoms. The predicted molar refractivity (Wildman–Crippen MR) is 69.1 cm³/mol. The van der Waals surface area contributed by atoms with Crippen LogP contribution in [-0.4, -0.2) is 34.5 Å². The van der Waals surface area contributed by atoms with E-state index < -0.39 is 0 Å². The molecule has 0 radical (unpaired) electrons. The highest BCUT2D eigenvalue weighted by molar-refractivity contribution is 9.10. The van der Waals surface area contributed by atoms with Crippen LogP contribution < -0.4 is 0 Å². The van der Waals surface area contributed by atoms with Crippen molar-refractivity contribution in [3.8, 4) is 0 Å². The standard InChI is InChI=1S/C12H16BrN3/c1-2-16-5-3-10(4-6-16)7-12-14-8-11(13)9-15-12/h7-9H,2-6H2,1H3. The van der Waals surface area contributed by atoms with E-state index in [1.807, 2.05) is 0 Å². The van der Waals surface area contributed by atoms with E-state index in [0.717, 1.165) is 29.7 Å². The molecular formula is C12H16BrN3. The predicted octanol–water partition coefficient (Wildman–Crippen LogP) is 2.74. The molecule has 3 nitrogen and oxygen atoms in total. The van der Waals surface area contributed by atoms with Crippen LogP contribution >= 0.6 is 15.9 Å². The average molecular weight is 282 g/mol. The summed E-state index contributed by atoms with van der Waals surface area (Å²) >= 11 is 3.34. The average Bonchev–Trinajstić information content (AvgIpc) is 2.33. The van der Waals surface area contributed by atoms with E-state index >= 15 is 0 Å². The molecule has 0 atom stereocenters. The molecule has 16 heavy (non-hydrogen) atoms. The highest BCUT2D eigenvalue weighted by atomic mass is 79.9. The molecule has 1 aliphatic rings. The number of aromatic nitrogens is 2. The van der Waals surface area contributed by atoms with Crippen LogP contribution in [0.5, 0.6) is 0 Å². The molecule has 2 rings (SSSR count). The summed E-state index contributed by atoms with van der Waals surface area (Å²) in [5.74, 6) is 0.822. The molecule has 0 saturated carbocycles. The Hall–Kier alpha value is -0.740. The zero-order valence-electron chi connectivity index (χ0n) is 9.49. The molecule has 1 aliphatic heterocycles. The van der Waals surface area contributed by atoms with Gasteiger partial charge in [0.2, 0.25) is 0 Å². The number of halogens is 1. The van der Waals surface area contributed by atoms with Crippen molar-refractivity contribution >= 4 is 22.0 Å². The number of nitrogens with zero attached hydrogens (tertiary/aromatic N) is 3. The van der Waals surface area contributed by atoms with E-state index in [4.69, 9.17) is 0 Å². The van der Waals surface area contributed by atoms with Crippen molar-refractivity contribution in [1.82, 2.24) is 14.9 Å². The summed E-state index contributed by atoms with van der Waals surface area (Å²) in [5.41, 5.74) is 1.46. The second-order valence-electron chi connectivity index (χ2n) is 4.00. The van der Waals surface area contributed by atoms with Crippen LogP contribution in [0.25, 0.3) is 6.08 Å². The minimum absolute atomic E-state index is 0.822. The van der Waals surface area contributed by atoms with Crippen molar-refractivity contribution in [2.45, 2.75) is 19.8 Å². The SMILES string of the molecule is CCN1CCC(=Cc2ncc(Br)cn2)CC1. The monoisotopic (exact) mass is 281 g/mol. The van der Waals surface area contributed by atoms with Crippen molar-refractivity contribution in [2.75, 3.05) is 19.6 Å². The molecular weight excluding hydrogens is 266 g/mol. The number of hydrogen-bond donors (Lipinski definition) is 0. The Kier molecular flexibility index (Phi) is 4.07. The zero-order chi connectivity index (χ0) is 11.4. The Balaban J connectivity index is 2.00. The largest absolute Gasteiger partial charge is 0.303 e. The van der Waals surface area contributed by atoms with Gasteiger partial charge >= 0.3 is 0 Å². The Labute approximate surface area is 105 Å². The van der Waals surface area contributed by atoms with Gasteiger partial charge in [-0.2, -0.15) is 0 Å². The highest BCUT2D eigenvalue weighted by Gasteiger charge is 2.11. The number of rotatable bonds is 2. The van der Waals surface area contributed by atoms with E-state index in [9.17, 15) is 0 Å². The topological polar surface area (TPSA) is 29.0 Å². The van der Waals surface area contributed by atoms with E-state index in [1.165, 1.54) is 18.7 Å². The van der Waals surface area contributed by atoms with Crippen molar-refractivity contribution in [2.24, 2.45) is 0 Å². The van der Waals surface area contributed by atoms with E-state index in [2.05, 4.69) is 43.8 Å². The van der Waals surface area contributed by atoms with Gasteiger partial charge in [0, 0.05) is 25.5 Å². The van der Waals surface area contributed by atoms with E-state index in [1.54, 1.807) is 12.4 Å². The summed E-state index contributed by atoms with van der Waals surface area (Å²) in [6.07, 6.45) is 8.00. The molecule has 0 aliphatic carbocycles. The first-order chi connectivity index (χ1) is 7.78. The van der Waals surface area contributed by atoms with Crippen LogP contribution in [0.3, 0.4) is 0 Å². The molecule has 1 aromatic heterocycles. The molecule has 86 valence electrons. The van der Waals surface area contributed by atoms with Crippen LogP contribution in [0.2, 0.25) is 0 Å². The highest BCUT2D eigenvalue weighted by Crippen LogP contribution is 2.18. The summed E-state index contributed by atoms with van der Waals surface area (Å²) in [7, 11) is 0. The molecule has 2 heterocycles. The van der Waals surface area contributed by atoms with Gasteiger partial charge in [0.05, 0.1) is 4.47 Å². The Bertz CT molecular complexity index is 362. The fraction of sp³-hybridized carbons (Fsp3) is 0.500. The summed E-state index contributed by atoms with van der Waals surface area (Å²) in [5, 5.41) is 0. The van der Waals surface area contributed by atoms with Crippen molar-refractivity contribution in [3.05, 3.63) is 28.3 Å². The second-order valence-corrected chi connectivity index (χ2v) is 4.91. The van der Waals surface area contributed by atoms with E-state index in [0.29, 0.717) is 0 Å². The molecule has 0 amide bonds. The summed E-state index contributed by atoms with van der Waals surface area (Å²) in [6.45, 7) is 5.70.